The second-order valence-electron chi connectivity index (χ2n) is 5.16. The molecular formula is C17H17NO4. The van der Waals surface area contributed by atoms with Crippen molar-refractivity contribution >= 4 is 5.91 Å². The first kappa shape index (κ1) is 14.3. The normalized spacial score (nSPS) is 12.2. The highest BCUT2D eigenvalue weighted by Crippen LogP contribution is 2.42. The summed E-state index contributed by atoms with van der Waals surface area (Å²) in [6.45, 7) is 2.64. The molecule has 0 aromatic heterocycles. The Morgan fingerprint density at radius 1 is 1.27 bits per heavy atom. The monoisotopic (exact) mass is 299 g/mol. The molecule has 0 fully saturated rings. The van der Waals surface area contributed by atoms with E-state index < -0.39 is 5.91 Å². The van der Waals surface area contributed by atoms with Crippen molar-refractivity contribution in [1.82, 2.24) is 0 Å². The zero-order chi connectivity index (χ0) is 15.5. The number of aryl methyl sites for hydroxylation is 1. The molecule has 1 amide bonds. The Labute approximate surface area is 128 Å². The predicted molar refractivity (Wildman–Crippen MR) is 81.5 cm³/mol. The van der Waals surface area contributed by atoms with Crippen LogP contribution in [0.15, 0.2) is 36.4 Å². The maximum Gasteiger partial charge on any atom is 0.248 e. The van der Waals surface area contributed by atoms with E-state index in [1.807, 2.05) is 6.07 Å². The van der Waals surface area contributed by atoms with Gasteiger partial charge >= 0.3 is 0 Å². The molecule has 1 heterocycles. The number of hydrogen-bond acceptors (Lipinski definition) is 4. The number of rotatable bonds is 5. The number of carbonyl (C=O) groups excluding carboxylic acids is 1. The summed E-state index contributed by atoms with van der Waals surface area (Å²) in [6.07, 6.45) is 0.762. The fourth-order valence-corrected chi connectivity index (χ4v) is 2.37. The van der Waals surface area contributed by atoms with E-state index in [1.54, 1.807) is 12.1 Å². The molecule has 1 aliphatic heterocycles. The smallest absolute Gasteiger partial charge is 0.248 e. The minimum atomic E-state index is -0.526. The van der Waals surface area contributed by atoms with Gasteiger partial charge in [-0.25, -0.2) is 0 Å². The summed E-state index contributed by atoms with van der Waals surface area (Å²) in [7, 11) is 0. The van der Waals surface area contributed by atoms with Crippen molar-refractivity contribution < 1.29 is 19.0 Å². The molecule has 0 aliphatic carbocycles. The minimum Gasteiger partial charge on any atom is -0.489 e. The highest BCUT2D eigenvalue weighted by molar-refractivity contribution is 5.94. The third-order valence-electron chi connectivity index (χ3n) is 3.45. The number of ether oxygens (including phenoxy) is 3. The molecule has 0 saturated carbocycles. The van der Waals surface area contributed by atoms with Gasteiger partial charge in [-0.05, 0) is 24.6 Å². The summed E-state index contributed by atoms with van der Waals surface area (Å²) in [5.41, 5.74) is 8.07. The Morgan fingerprint density at radius 2 is 2.14 bits per heavy atom. The SMILES string of the molecule is Cc1cccc(CCOc2cc(C(N)=O)cc3c2OCO3)c1. The molecule has 0 radical (unpaired) electrons. The molecule has 0 unspecified atom stereocenters. The van der Waals surface area contributed by atoms with Crippen LogP contribution in [0.5, 0.6) is 17.2 Å². The zero-order valence-electron chi connectivity index (χ0n) is 12.3. The van der Waals surface area contributed by atoms with Gasteiger partial charge in [0, 0.05) is 12.0 Å². The van der Waals surface area contributed by atoms with Crippen LogP contribution in [-0.2, 0) is 6.42 Å². The first-order valence-corrected chi connectivity index (χ1v) is 7.05. The van der Waals surface area contributed by atoms with Crippen molar-refractivity contribution in [2.75, 3.05) is 13.4 Å². The van der Waals surface area contributed by atoms with Gasteiger partial charge in [0.1, 0.15) is 0 Å². The molecule has 114 valence electrons. The van der Waals surface area contributed by atoms with Gasteiger partial charge in [-0.3, -0.25) is 4.79 Å². The van der Waals surface area contributed by atoms with Crippen LogP contribution in [0, 0.1) is 6.92 Å². The van der Waals surface area contributed by atoms with Crippen molar-refractivity contribution in [2.45, 2.75) is 13.3 Å². The Kier molecular flexibility index (Phi) is 3.87. The molecule has 1 aliphatic rings. The molecule has 5 nitrogen and oxygen atoms in total. The lowest BCUT2D eigenvalue weighted by Crippen LogP contribution is -2.11. The van der Waals surface area contributed by atoms with Gasteiger partial charge in [-0.1, -0.05) is 29.8 Å². The topological polar surface area (TPSA) is 70.8 Å². The van der Waals surface area contributed by atoms with Crippen LogP contribution in [0.1, 0.15) is 21.5 Å². The van der Waals surface area contributed by atoms with E-state index in [9.17, 15) is 4.79 Å². The number of amides is 1. The summed E-state index contributed by atoms with van der Waals surface area (Å²) >= 11 is 0. The zero-order valence-corrected chi connectivity index (χ0v) is 12.3. The maximum absolute atomic E-state index is 11.4. The van der Waals surface area contributed by atoms with Gasteiger partial charge in [-0.15, -0.1) is 0 Å². The van der Waals surface area contributed by atoms with Crippen molar-refractivity contribution in [3.05, 3.63) is 53.1 Å². The van der Waals surface area contributed by atoms with Crippen molar-refractivity contribution in [2.24, 2.45) is 5.73 Å². The van der Waals surface area contributed by atoms with Gasteiger partial charge in [0.05, 0.1) is 6.61 Å². The molecule has 2 aromatic carbocycles. The van der Waals surface area contributed by atoms with Gasteiger partial charge in [-0.2, -0.15) is 0 Å². The Morgan fingerprint density at radius 3 is 2.91 bits per heavy atom. The highest BCUT2D eigenvalue weighted by Gasteiger charge is 2.22. The molecule has 22 heavy (non-hydrogen) atoms. The van der Waals surface area contributed by atoms with E-state index in [1.165, 1.54) is 11.1 Å². The first-order chi connectivity index (χ1) is 10.6. The Bertz CT molecular complexity index is 712. The molecule has 2 aromatic rings. The van der Waals surface area contributed by atoms with Crippen molar-refractivity contribution in [3.63, 3.8) is 0 Å². The average molecular weight is 299 g/mol. The number of hydrogen-bond donors (Lipinski definition) is 1. The van der Waals surface area contributed by atoms with E-state index >= 15 is 0 Å². The largest absolute Gasteiger partial charge is 0.489 e. The Balaban J connectivity index is 1.73. The quantitative estimate of drug-likeness (QED) is 0.920. The first-order valence-electron chi connectivity index (χ1n) is 7.05. The molecule has 0 bridgehead atoms. The summed E-state index contributed by atoms with van der Waals surface area (Å²) in [5.74, 6) is 0.967. The van der Waals surface area contributed by atoms with Crippen LogP contribution < -0.4 is 19.9 Å². The molecule has 0 atom stereocenters. The number of carbonyl (C=O) groups is 1. The van der Waals surface area contributed by atoms with E-state index in [4.69, 9.17) is 19.9 Å². The highest BCUT2D eigenvalue weighted by atomic mass is 16.7. The lowest BCUT2D eigenvalue weighted by molar-refractivity contribution is 0.0999. The van der Waals surface area contributed by atoms with Crippen LogP contribution in [0.3, 0.4) is 0 Å². The fraction of sp³-hybridized carbons (Fsp3) is 0.235. The number of fused-ring (bicyclic) bond motifs is 1. The standard InChI is InChI=1S/C17H17NO4/c1-11-3-2-4-12(7-11)5-6-20-14-8-13(17(18)19)9-15-16(14)22-10-21-15/h2-4,7-9H,5-6,10H2,1H3,(H2,18,19). The van der Waals surface area contributed by atoms with Crippen LogP contribution in [-0.4, -0.2) is 19.3 Å². The van der Waals surface area contributed by atoms with Gasteiger partial charge in [0.15, 0.2) is 11.5 Å². The third-order valence-corrected chi connectivity index (χ3v) is 3.45. The van der Waals surface area contributed by atoms with E-state index in [2.05, 4.69) is 25.1 Å². The van der Waals surface area contributed by atoms with E-state index in [0.29, 0.717) is 29.4 Å². The Hall–Kier alpha value is -2.69. The second-order valence-corrected chi connectivity index (χ2v) is 5.16. The summed E-state index contributed by atoms with van der Waals surface area (Å²) in [5, 5.41) is 0. The molecule has 5 heteroatoms. The third kappa shape index (κ3) is 2.98. The summed E-state index contributed by atoms with van der Waals surface area (Å²) in [6, 6.07) is 11.4. The van der Waals surface area contributed by atoms with Gasteiger partial charge in [0.25, 0.3) is 0 Å². The number of primary amides is 1. The summed E-state index contributed by atoms with van der Waals surface area (Å²) < 4.78 is 16.5. The van der Waals surface area contributed by atoms with Crippen LogP contribution in [0.25, 0.3) is 0 Å². The lowest BCUT2D eigenvalue weighted by Gasteiger charge is -2.10. The van der Waals surface area contributed by atoms with Crippen LogP contribution >= 0.6 is 0 Å². The van der Waals surface area contributed by atoms with Crippen LogP contribution in [0.4, 0.5) is 0 Å². The second kappa shape index (κ2) is 5.97. The van der Waals surface area contributed by atoms with Crippen molar-refractivity contribution in [1.29, 1.82) is 0 Å². The van der Waals surface area contributed by atoms with Gasteiger partial charge in [0.2, 0.25) is 18.4 Å². The fourth-order valence-electron chi connectivity index (χ4n) is 2.37. The molecular weight excluding hydrogens is 282 g/mol. The molecule has 0 spiro atoms. The number of nitrogens with two attached hydrogens (primary N) is 1. The predicted octanol–water partition coefficient (Wildman–Crippen LogP) is 2.44. The lowest BCUT2D eigenvalue weighted by atomic mass is 10.1. The maximum atomic E-state index is 11.4. The average Bonchev–Trinajstić information content (AvgIpc) is 2.95. The van der Waals surface area contributed by atoms with Crippen molar-refractivity contribution in [3.8, 4) is 17.2 Å². The number of benzene rings is 2. The van der Waals surface area contributed by atoms with Gasteiger partial charge < -0.3 is 19.9 Å². The minimum absolute atomic E-state index is 0.117. The van der Waals surface area contributed by atoms with E-state index in [-0.39, 0.29) is 6.79 Å². The van der Waals surface area contributed by atoms with Crippen LogP contribution in [0.2, 0.25) is 0 Å². The summed E-state index contributed by atoms with van der Waals surface area (Å²) in [4.78, 5) is 11.4. The molecule has 2 N–H and O–H groups in total. The van der Waals surface area contributed by atoms with E-state index in [0.717, 1.165) is 6.42 Å². The molecule has 3 rings (SSSR count). The molecule has 0 saturated heterocycles.